The zero-order valence-corrected chi connectivity index (χ0v) is 13.5. The number of nitrogens with zero attached hydrogens (tertiary/aromatic N) is 1. The maximum absolute atomic E-state index is 12.1. The second kappa shape index (κ2) is 5.36. The standard InChI is InChI=1S/C10H13Br2N3O2S/c11-8-5-7(13)6-9(12)10(8)14-18(16,17)15-3-1-2-4-15/h5-6,14H,1-4,13H2. The molecule has 5 nitrogen and oxygen atoms in total. The molecule has 0 aliphatic carbocycles. The summed E-state index contributed by atoms with van der Waals surface area (Å²) in [5.41, 5.74) is 6.69. The Morgan fingerprint density at radius 1 is 1.17 bits per heavy atom. The van der Waals surface area contributed by atoms with Crippen LogP contribution in [0.2, 0.25) is 0 Å². The molecule has 8 heteroatoms. The highest BCUT2D eigenvalue weighted by Crippen LogP contribution is 2.34. The Hall–Kier alpha value is -0.310. The monoisotopic (exact) mass is 397 g/mol. The third-order valence-corrected chi connectivity index (χ3v) is 5.46. The van der Waals surface area contributed by atoms with E-state index in [1.807, 2.05) is 0 Å². The first-order valence-electron chi connectivity index (χ1n) is 5.42. The van der Waals surface area contributed by atoms with E-state index in [-0.39, 0.29) is 0 Å². The normalized spacial score (nSPS) is 17.0. The van der Waals surface area contributed by atoms with E-state index in [0.29, 0.717) is 33.4 Å². The molecular weight excluding hydrogens is 386 g/mol. The van der Waals surface area contributed by atoms with Gasteiger partial charge in [-0.15, -0.1) is 0 Å². The molecule has 0 amide bonds. The predicted molar refractivity (Wildman–Crippen MR) is 79.6 cm³/mol. The van der Waals surface area contributed by atoms with Gasteiger partial charge in [0.05, 0.1) is 5.69 Å². The largest absolute Gasteiger partial charge is 0.399 e. The maximum atomic E-state index is 12.1. The molecule has 0 aromatic heterocycles. The Morgan fingerprint density at radius 3 is 2.17 bits per heavy atom. The molecule has 1 saturated heterocycles. The zero-order chi connectivity index (χ0) is 13.3. The molecule has 0 saturated carbocycles. The maximum Gasteiger partial charge on any atom is 0.301 e. The first kappa shape index (κ1) is 14.1. The Labute approximate surface area is 123 Å². The van der Waals surface area contributed by atoms with Crippen molar-refractivity contribution in [3.8, 4) is 0 Å². The van der Waals surface area contributed by atoms with Crippen molar-refractivity contribution in [2.24, 2.45) is 0 Å². The summed E-state index contributed by atoms with van der Waals surface area (Å²) in [6.07, 6.45) is 1.82. The predicted octanol–water partition coefficient (Wildman–Crippen LogP) is 2.55. The molecule has 1 aliphatic heterocycles. The Kier molecular flexibility index (Phi) is 4.20. The smallest absolute Gasteiger partial charge is 0.301 e. The molecule has 0 bridgehead atoms. The molecule has 100 valence electrons. The number of nitrogens with two attached hydrogens (primary N) is 1. The Morgan fingerprint density at radius 2 is 1.67 bits per heavy atom. The third-order valence-electron chi connectivity index (χ3n) is 2.70. The highest BCUT2D eigenvalue weighted by Gasteiger charge is 2.26. The average Bonchev–Trinajstić information content (AvgIpc) is 2.77. The van der Waals surface area contributed by atoms with Gasteiger partial charge in [-0.1, -0.05) is 0 Å². The minimum Gasteiger partial charge on any atom is -0.399 e. The van der Waals surface area contributed by atoms with Crippen LogP contribution in [0.5, 0.6) is 0 Å². The second-order valence-electron chi connectivity index (χ2n) is 4.07. The lowest BCUT2D eigenvalue weighted by Gasteiger charge is -2.18. The molecule has 1 aromatic carbocycles. The summed E-state index contributed by atoms with van der Waals surface area (Å²) in [6, 6.07) is 3.32. The first-order chi connectivity index (χ1) is 8.40. The van der Waals surface area contributed by atoms with E-state index in [4.69, 9.17) is 5.73 Å². The molecule has 0 unspecified atom stereocenters. The van der Waals surface area contributed by atoms with Gasteiger partial charge < -0.3 is 5.73 Å². The van der Waals surface area contributed by atoms with Gasteiger partial charge in [-0.2, -0.15) is 12.7 Å². The minimum absolute atomic E-state index is 0.469. The fourth-order valence-electron chi connectivity index (χ4n) is 1.81. The van der Waals surface area contributed by atoms with E-state index in [0.717, 1.165) is 12.8 Å². The summed E-state index contributed by atoms with van der Waals surface area (Å²) < 4.78 is 29.5. The van der Waals surface area contributed by atoms with Gasteiger partial charge in [-0.25, -0.2) is 0 Å². The molecule has 1 aromatic rings. The van der Waals surface area contributed by atoms with Crippen molar-refractivity contribution in [3.05, 3.63) is 21.1 Å². The van der Waals surface area contributed by atoms with Crippen LogP contribution in [0.4, 0.5) is 11.4 Å². The molecule has 1 aliphatic rings. The van der Waals surface area contributed by atoms with Gasteiger partial charge in [0.15, 0.2) is 0 Å². The lowest BCUT2D eigenvalue weighted by Crippen LogP contribution is -2.33. The highest BCUT2D eigenvalue weighted by atomic mass is 79.9. The lowest BCUT2D eigenvalue weighted by molar-refractivity contribution is 0.482. The van der Waals surface area contributed by atoms with E-state index < -0.39 is 10.2 Å². The summed E-state index contributed by atoms with van der Waals surface area (Å²) in [6.45, 7) is 1.14. The van der Waals surface area contributed by atoms with Gasteiger partial charge in [0.1, 0.15) is 0 Å². The number of halogens is 2. The van der Waals surface area contributed by atoms with Crippen molar-refractivity contribution < 1.29 is 8.42 Å². The second-order valence-corrected chi connectivity index (χ2v) is 7.45. The molecule has 3 N–H and O–H groups in total. The topological polar surface area (TPSA) is 75.4 Å². The van der Waals surface area contributed by atoms with Crippen LogP contribution in [0, 0.1) is 0 Å². The molecule has 1 heterocycles. The number of hydrogen-bond acceptors (Lipinski definition) is 3. The number of benzene rings is 1. The number of nitrogens with one attached hydrogen (secondary N) is 1. The van der Waals surface area contributed by atoms with Crippen LogP contribution in [-0.2, 0) is 10.2 Å². The summed E-state index contributed by atoms with van der Waals surface area (Å²) in [7, 11) is -3.49. The van der Waals surface area contributed by atoms with Crippen molar-refractivity contribution >= 4 is 53.4 Å². The van der Waals surface area contributed by atoms with Crippen molar-refractivity contribution in [3.63, 3.8) is 0 Å². The lowest BCUT2D eigenvalue weighted by atomic mass is 10.3. The Bertz CT molecular complexity index is 533. The van der Waals surface area contributed by atoms with Crippen LogP contribution < -0.4 is 10.5 Å². The first-order valence-corrected chi connectivity index (χ1v) is 8.45. The molecule has 1 fully saturated rings. The van der Waals surface area contributed by atoms with Crippen molar-refractivity contribution in [2.75, 3.05) is 23.5 Å². The van der Waals surface area contributed by atoms with E-state index in [9.17, 15) is 8.42 Å². The van der Waals surface area contributed by atoms with Crippen molar-refractivity contribution in [1.82, 2.24) is 4.31 Å². The SMILES string of the molecule is Nc1cc(Br)c(NS(=O)(=O)N2CCCC2)c(Br)c1. The van der Waals surface area contributed by atoms with E-state index in [2.05, 4.69) is 36.6 Å². The fraction of sp³-hybridized carbons (Fsp3) is 0.400. The molecular formula is C10H13Br2N3O2S. The van der Waals surface area contributed by atoms with Crippen molar-refractivity contribution in [2.45, 2.75) is 12.8 Å². The Balaban J connectivity index is 2.29. The fourth-order valence-corrected chi connectivity index (χ4v) is 4.84. The van der Waals surface area contributed by atoms with Gasteiger partial charge in [0.2, 0.25) is 0 Å². The molecule has 0 atom stereocenters. The molecule has 0 radical (unpaired) electrons. The minimum atomic E-state index is -3.49. The van der Waals surface area contributed by atoms with E-state index in [1.165, 1.54) is 4.31 Å². The molecule has 0 spiro atoms. The van der Waals surface area contributed by atoms with Crippen LogP contribution in [0.25, 0.3) is 0 Å². The highest BCUT2D eigenvalue weighted by molar-refractivity contribution is 9.11. The van der Waals surface area contributed by atoms with Gasteiger partial charge >= 0.3 is 10.2 Å². The third kappa shape index (κ3) is 2.98. The van der Waals surface area contributed by atoms with Gasteiger partial charge in [0, 0.05) is 27.7 Å². The summed E-state index contributed by atoms with van der Waals surface area (Å²) >= 11 is 6.61. The van der Waals surface area contributed by atoms with Crippen LogP contribution in [0.3, 0.4) is 0 Å². The number of rotatable bonds is 3. The zero-order valence-electron chi connectivity index (χ0n) is 9.49. The van der Waals surface area contributed by atoms with Gasteiger partial charge in [0.25, 0.3) is 0 Å². The number of anilines is 2. The molecule has 2 rings (SSSR count). The number of hydrogen-bond donors (Lipinski definition) is 2. The van der Waals surface area contributed by atoms with Crippen molar-refractivity contribution in [1.29, 1.82) is 0 Å². The van der Waals surface area contributed by atoms with Crippen LogP contribution >= 0.6 is 31.9 Å². The van der Waals surface area contributed by atoms with Gasteiger partial charge in [-0.05, 0) is 56.8 Å². The number of nitrogen functional groups attached to an aromatic ring is 1. The van der Waals surface area contributed by atoms with Crippen LogP contribution in [-0.4, -0.2) is 25.8 Å². The molecule has 18 heavy (non-hydrogen) atoms. The van der Waals surface area contributed by atoms with E-state index in [1.54, 1.807) is 12.1 Å². The van der Waals surface area contributed by atoms with E-state index >= 15 is 0 Å². The average molecular weight is 399 g/mol. The summed E-state index contributed by atoms with van der Waals surface area (Å²) in [4.78, 5) is 0. The summed E-state index contributed by atoms with van der Waals surface area (Å²) in [5, 5.41) is 0. The quantitative estimate of drug-likeness (QED) is 0.768. The van der Waals surface area contributed by atoms with Crippen LogP contribution in [0.15, 0.2) is 21.1 Å². The van der Waals surface area contributed by atoms with Crippen LogP contribution in [0.1, 0.15) is 12.8 Å². The summed E-state index contributed by atoms with van der Waals surface area (Å²) in [5.74, 6) is 0. The van der Waals surface area contributed by atoms with Gasteiger partial charge in [-0.3, -0.25) is 4.72 Å².